The molecule has 1 fully saturated rings. The number of piperazine rings is 1. The molecule has 6 nitrogen and oxygen atoms in total. The molecule has 2 rings (SSSR count). The number of thiophene rings is 1. The number of nitrogens with zero attached hydrogens (tertiary/aromatic N) is 2. The van der Waals surface area contributed by atoms with Crippen LogP contribution in [0.15, 0.2) is 16.3 Å². The predicted octanol–water partition coefficient (Wildman–Crippen LogP) is 1.48. The van der Waals surface area contributed by atoms with Gasteiger partial charge in [-0.2, -0.15) is 4.31 Å². The van der Waals surface area contributed by atoms with Crippen molar-refractivity contribution in [2.24, 2.45) is 5.92 Å². The van der Waals surface area contributed by atoms with E-state index in [1.54, 1.807) is 6.07 Å². The Morgan fingerprint density at radius 1 is 1.30 bits per heavy atom. The van der Waals surface area contributed by atoms with Gasteiger partial charge in [-0.25, -0.2) is 8.42 Å². The lowest BCUT2D eigenvalue weighted by Gasteiger charge is -2.33. The highest BCUT2D eigenvalue weighted by Crippen LogP contribution is 2.28. The van der Waals surface area contributed by atoms with Crippen molar-refractivity contribution in [1.29, 1.82) is 0 Å². The molecule has 0 bridgehead atoms. The van der Waals surface area contributed by atoms with Crippen LogP contribution in [0.4, 0.5) is 0 Å². The number of amides is 1. The molecule has 0 aliphatic carbocycles. The summed E-state index contributed by atoms with van der Waals surface area (Å²) in [5.74, 6) is 0.401. The van der Waals surface area contributed by atoms with Crippen LogP contribution in [0.1, 0.15) is 13.8 Å². The molecule has 1 aromatic rings. The van der Waals surface area contributed by atoms with Gasteiger partial charge in [-0.1, -0.05) is 25.4 Å². The first-order valence-corrected chi connectivity index (χ1v) is 10.2. The zero-order valence-corrected chi connectivity index (χ0v) is 15.7. The predicted molar refractivity (Wildman–Crippen MR) is 92.4 cm³/mol. The summed E-state index contributed by atoms with van der Waals surface area (Å²) in [5, 5.41) is 2.87. The smallest absolute Gasteiger partial charge is 0.252 e. The van der Waals surface area contributed by atoms with Crippen LogP contribution in [0, 0.1) is 5.92 Å². The fraction of sp³-hybridized carbons (Fsp3) is 0.643. The van der Waals surface area contributed by atoms with Crippen molar-refractivity contribution in [3.63, 3.8) is 0 Å². The molecule has 1 N–H and O–H groups in total. The molecule has 1 aliphatic heterocycles. The molecule has 0 spiro atoms. The average molecular weight is 380 g/mol. The second-order valence-electron chi connectivity index (χ2n) is 5.94. The Bertz CT molecular complexity index is 637. The quantitative estimate of drug-likeness (QED) is 0.812. The van der Waals surface area contributed by atoms with Gasteiger partial charge in [0.2, 0.25) is 5.91 Å². The average Bonchev–Trinajstić information content (AvgIpc) is 2.93. The number of sulfonamides is 1. The molecule has 1 amide bonds. The number of halogens is 1. The van der Waals surface area contributed by atoms with Gasteiger partial charge < -0.3 is 5.32 Å². The largest absolute Gasteiger partial charge is 0.355 e. The minimum atomic E-state index is -3.47. The Labute approximate surface area is 146 Å². The number of carbonyl (C=O) groups is 1. The van der Waals surface area contributed by atoms with Gasteiger partial charge in [-0.05, 0) is 18.1 Å². The summed E-state index contributed by atoms with van der Waals surface area (Å²) in [7, 11) is -3.47. The van der Waals surface area contributed by atoms with E-state index < -0.39 is 10.0 Å². The molecule has 0 saturated carbocycles. The van der Waals surface area contributed by atoms with Gasteiger partial charge in [-0.3, -0.25) is 9.69 Å². The first-order valence-electron chi connectivity index (χ1n) is 7.53. The summed E-state index contributed by atoms with van der Waals surface area (Å²) in [6.45, 7) is 6.92. The molecule has 130 valence electrons. The summed E-state index contributed by atoms with van der Waals surface area (Å²) in [6.07, 6.45) is 0. The van der Waals surface area contributed by atoms with Gasteiger partial charge >= 0.3 is 0 Å². The van der Waals surface area contributed by atoms with Crippen LogP contribution in [0.25, 0.3) is 0 Å². The van der Waals surface area contributed by atoms with Gasteiger partial charge in [0, 0.05) is 32.7 Å². The Balaban J connectivity index is 1.85. The Morgan fingerprint density at radius 3 is 2.48 bits per heavy atom. The first kappa shape index (κ1) is 18.7. The van der Waals surface area contributed by atoms with Crippen molar-refractivity contribution < 1.29 is 13.2 Å². The zero-order valence-electron chi connectivity index (χ0n) is 13.3. The van der Waals surface area contributed by atoms with Gasteiger partial charge in [-0.15, -0.1) is 11.3 Å². The van der Waals surface area contributed by atoms with Gasteiger partial charge in [0.25, 0.3) is 10.0 Å². The number of hydrogen-bond donors (Lipinski definition) is 1. The summed E-state index contributed by atoms with van der Waals surface area (Å²) in [4.78, 5) is 13.8. The maximum absolute atomic E-state index is 12.5. The van der Waals surface area contributed by atoms with Gasteiger partial charge in [0.05, 0.1) is 10.9 Å². The Kier molecular flexibility index (Phi) is 6.44. The van der Waals surface area contributed by atoms with Crippen LogP contribution in [0.3, 0.4) is 0 Å². The van der Waals surface area contributed by atoms with E-state index in [2.05, 4.69) is 5.32 Å². The zero-order chi connectivity index (χ0) is 17.0. The molecule has 23 heavy (non-hydrogen) atoms. The summed E-state index contributed by atoms with van der Waals surface area (Å²) in [6, 6.07) is 3.13. The molecule has 0 unspecified atom stereocenters. The first-order chi connectivity index (χ1) is 10.8. The van der Waals surface area contributed by atoms with E-state index >= 15 is 0 Å². The maximum atomic E-state index is 12.5. The van der Waals surface area contributed by atoms with Crippen molar-refractivity contribution in [3.05, 3.63) is 16.5 Å². The lowest BCUT2D eigenvalue weighted by Crippen LogP contribution is -2.51. The van der Waals surface area contributed by atoms with E-state index in [4.69, 9.17) is 11.6 Å². The van der Waals surface area contributed by atoms with Crippen molar-refractivity contribution in [2.45, 2.75) is 18.1 Å². The lowest BCUT2D eigenvalue weighted by atomic mass is 10.2. The topological polar surface area (TPSA) is 69.7 Å². The molecule has 1 aromatic heterocycles. The van der Waals surface area contributed by atoms with Crippen molar-refractivity contribution in [1.82, 2.24) is 14.5 Å². The van der Waals surface area contributed by atoms with Crippen LogP contribution >= 0.6 is 22.9 Å². The maximum Gasteiger partial charge on any atom is 0.252 e. The molecular formula is C14H22ClN3O3S2. The van der Waals surface area contributed by atoms with Crippen LogP contribution in [0.2, 0.25) is 4.34 Å². The van der Waals surface area contributed by atoms with E-state index in [0.717, 1.165) is 11.3 Å². The number of carbonyl (C=O) groups excluding carboxylic acids is 1. The van der Waals surface area contributed by atoms with Crippen molar-refractivity contribution in [2.75, 3.05) is 39.3 Å². The van der Waals surface area contributed by atoms with Crippen molar-refractivity contribution in [3.8, 4) is 0 Å². The number of hydrogen-bond acceptors (Lipinski definition) is 5. The van der Waals surface area contributed by atoms with Crippen LogP contribution < -0.4 is 5.32 Å². The van der Waals surface area contributed by atoms with Crippen molar-refractivity contribution >= 4 is 38.9 Å². The van der Waals surface area contributed by atoms with Crippen LogP contribution in [0.5, 0.6) is 0 Å². The molecular weight excluding hydrogens is 358 g/mol. The van der Waals surface area contributed by atoms with Crippen LogP contribution in [-0.2, 0) is 14.8 Å². The number of rotatable bonds is 6. The van der Waals surface area contributed by atoms with E-state index in [-0.39, 0.29) is 10.1 Å². The minimum Gasteiger partial charge on any atom is -0.355 e. The molecule has 2 heterocycles. The fourth-order valence-electron chi connectivity index (χ4n) is 2.27. The molecule has 9 heteroatoms. The highest BCUT2D eigenvalue weighted by atomic mass is 35.5. The summed E-state index contributed by atoms with van der Waals surface area (Å²) in [5.41, 5.74) is 0. The standard InChI is InChI=1S/C14H22ClN3O3S2/c1-11(2)9-16-13(19)10-17-5-7-18(8-6-17)23(20,21)14-4-3-12(15)22-14/h3-4,11H,5-10H2,1-2H3,(H,16,19). The van der Waals surface area contributed by atoms with Crippen LogP contribution in [-0.4, -0.2) is 62.8 Å². The van der Waals surface area contributed by atoms with E-state index in [0.29, 0.717) is 49.5 Å². The third-order valence-corrected chi connectivity index (χ3v) is 7.15. The highest BCUT2D eigenvalue weighted by Gasteiger charge is 2.30. The molecule has 0 aromatic carbocycles. The lowest BCUT2D eigenvalue weighted by molar-refractivity contribution is -0.122. The third-order valence-electron chi connectivity index (χ3n) is 3.55. The van der Waals surface area contributed by atoms with Gasteiger partial charge in [0.15, 0.2) is 0 Å². The minimum absolute atomic E-state index is 0.0138. The normalized spacial score (nSPS) is 17.6. The Morgan fingerprint density at radius 2 is 1.96 bits per heavy atom. The SMILES string of the molecule is CC(C)CNC(=O)CN1CCN(S(=O)(=O)c2ccc(Cl)s2)CC1. The molecule has 0 radical (unpaired) electrons. The molecule has 0 atom stereocenters. The molecule has 1 saturated heterocycles. The second kappa shape index (κ2) is 7.94. The third kappa shape index (κ3) is 5.15. The molecule has 1 aliphatic rings. The monoisotopic (exact) mass is 379 g/mol. The number of nitrogens with one attached hydrogen (secondary N) is 1. The fourth-order valence-corrected chi connectivity index (χ4v) is 5.33. The van der Waals surface area contributed by atoms with E-state index in [9.17, 15) is 13.2 Å². The van der Waals surface area contributed by atoms with Gasteiger partial charge in [0.1, 0.15) is 4.21 Å². The highest BCUT2D eigenvalue weighted by molar-refractivity contribution is 7.91. The Hall–Kier alpha value is -0.670. The van der Waals surface area contributed by atoms with E-state index in [1.807, 2.05) is 18.7 Å². The second-order valence-corrected chi connectivity index (χ2v) is 9.82. The summed E-state index contributed by atoms with van der Waals surface area (Å²) < 4.78 is 27.2. The van der Waals surface area contributed by atoms with E-state index in [1.165, 1.54) is 10.4 Å². The summed E-state index contributed by atoms with van der Waals surface area (Å²) >= 11 is 6.89.